The van der Waals surface area contributed by atoms with Gasteiger partial charge in [0.15, 0.2) is 5.16 Å². The fourth-order valence-electron chi connectivity index (χ4n) is 4.52. The smallest absolute Gasteiger partial charge is 0.409 e. The van der Waals surface area contributed by atoms with Crippen molar-refractivity contribution in [3.05, 3.63) is 57.0 Å². The average molecular weight is 543 g/mol. The number of aryl methyl sites for hydroxylation is 1. The first kappa shape index (κ1) is 29.7. The van der Waals surface area contributed by atoms with Crippen LogP contribution in [0.4, 0.5) is 4.79 Å². The lowest BCUT2D eigenvalue weighted by atomic mass is 9.86. The highest BCUT2D eigenvalue weighted by Crippen LogP contribution is 2.27. The molecule has 1 unspecified atom stereocenters. The van der Waals surface area contributed by atoms with Crippen molar-refractivity contribution in [2.75, 3.05) is 32.8 Å². The molecule has 38 heavy (non-hydrogen) atoms. The average Bonchev–Trinajstić information content (AvgIpc) is 2.89. The van der Waals surface area contributed by atoms with E-state index in [1.54, 1.807) is 23.4 Å². The van der Waals surface area contributed by atoms with E-state index in [0.29, 0.717) is 62.0 Å². The number of hydrogen-bond acceptors (Lipinski definition) is 6. The second-order valence-corrected chi connectivity index (χ2v) is 12.0. The van der Waals surface area contributed by atoms with Gasteiger partial charge in [-0.1, -0.05) is 70.1 Å². The lowest BCUT2D eigenvalue weighted by Crippen LogP contribution is -2.52. The van der Waals surface area contributed by atoms with Crippen molar-refractivity contribution < 1.29 is 14.3 Å². The fourth-order valence-corrected chi connectivity index (χ4v) is 5.80. The zero-order valence-corrected chi connectivity index (χ0v) is 24.7. The zero-order chi connectivity index (χ0) is 28.0. The molecule has 0 N–H and O–H groups in total. The molecule has 1 aromatic carbocycles. The summed E-state index contributed by atoms with van der Waals surface area (Å²) in [5, 5.41) is 0.207. The first-order valence-electron chi connectivity index (χ1n) is 13.5. The van der Waals surface area contributed by atoms with Crippen LogP contribution in [0.2, 0.25) is 0 Å². The lowest BCUT2D eigenvalue weighted by Gasteiger charge is -2.35. The molecule has 0 radical (unpaired) electrons. The summed E-state index contributed by atoms with van der Waals surface area (Å²) in [6.45, 7) is 14.4. The third kappa shape index (κ3) is 7.18. The van der Waals surface area contributed by atoms with Crippen molar-refractivity contribution in [2.24, 2.45) is 7.05 Å². The van der Waals surface area contributed by atoms with Gasteiger partial charge in [-0.15, -0.1) is 0 Å². The van der Waals surface area contributed by atoms with E-state index < -0.39 is 0 Å². The van der Waals surface area contributed by atoms with E-state index in [9.17, 15) is 14.4 Å². The molecular weight excluding hydrogens is 500 g/mol. The number of carbonyl (C=O) groups excluding carboxylic acids is 2. The van der Waals surface area contributed by atoms with E-state index >= 15 is 0 Å². The highest BCUT2D eigenvalue weighted by molar-refractivity contribution is 8.00. The maximum absolute atomic E-state index is 13.4. The van der Waals surface area contributed by atoms with Crippen LogP contribution in [-0.4, -0.2) is 69.4 Å². The van der Waals surface area contributed by atoms with Crippen LogP contribution in [0.1, 0.15) is 69.8 Å². The molecule has 1 aromatic heterocycles. The van der Waals surface area contributed by atoms with Crippen molar-refractivity contribution in [1.29, 1.82) is 0 Å². The van der Waals surface area contributed by atoms with Gasteiger partial charge in [0.1, 0.15) is 0 Å². The number of rotatable bonds is 8. The molecule has 1 aliphatic rings. The normalized spacial score (nSPS) is 14.9. The van der Waals surface area contributed by atoms with E-state index in [4.69, 9.17) is 9.72 Å². The third-order valence-corrected chi connectivity index (χ3v) is 8.24. The predicted molar refractivity (Wildman–Crippen MR) is 152 cm³/mol. The number of benzene rings is 1. The second-order valence-electron chi connectivity index (χ2n) is 10.9. The van der Waals surface area contributed by atoms with Gasteiger partial charge >= 0.3 is 6.09 Å². The van der Waals surface area contributed by atoms with Crippen molar-refractivity contribution in [3.8, 4) is 0 Å². The van der Waals surface area contributed by atoms with Crippen LogP contribution in [-0.2, 0) is 28.4 Å². The van der Waals surface area contributed by atoms with Crippen LogP contribution < -0.4 is 5.56 Å². The van der Waals surface area contributed by atoms with Crippen LogP contribution in [0.15, 0.2) is 34.2 Å². The summed E-state index contributed by atoms with van der Waals surface area (Å²) in [7, 11) is 1.73. The van der Waals surface area contributed by atoms with Gasteiger partial charge in [0.25, 0.3) is 5.56 Å². The fraction of sp³-hybridized carbons (Fsp3) is 0.586. The number of carbonyl (C=O) groups is 2. The van der Waals surface area contributed by atoms with Gasteiger partial charge in [-0.05, 0) is 36.8 Å². The summed E-state index contributed by atoms with van der Waals surface area (Å²) in [5.41, 5.74) is 3.69. The number of piperazine rings is 1. The van der Waals surface area contributed by atoms with Crippen molar-refractivity contribution in [2.45, 2.75) is 76.6 Å². The third-order valence-electron chi connectivity index (χ3n) is 6.94. The maximum Gasteiger partial charge on any atom is 0.409 e. The number of amides is 2. The second kappa shape index (κ2) is 12.8. The molecule has 2 amide bonds. The molecule has 9 heteroatoms. The van der Waals surface area contributed by atoms with Crippen LogP contribution in [0.3, 0.4) is 0 Å². The minimum atomic E-state index is -0.345. The minimum Gasteiger partial charge on any atom is -0.450 e. The van der Waals surface area contributed by atoms with Gasteiger partial charge in [0.05, 0.1) is 11.9 Å². The van der Waals surface area contributed by atoms with Gasteiger partial charge in [0.2, 0.25) is 5.91 Å². The number of thioether (sulfide) groups is 1. The monoisotopic (exact) mass is 542 g/mol. The van der Waals surface area contributed by atoms with Gasteiger partial charge < -0.3 is 14.5 Å². The Morgan fingerprint density at radius 2 is 1.66 bits per heavy atom. The van der Waals surface area contributed by atoms with E-state index in [0.717, 1.165) is 12.0 Å². The molecule has 0 bridgehead atoms. The Kier molecular flexibility index (Phi) is 10.0. The topological polar surface area (TPSA) is 84.7 Å². The first-order valence-corrected chi connectivity index (χ1v) is 14.4. The zero-order valence-electron chi connectivity index (χ0n) is 23.9. The van der Waals surface area contributed by atoms with E-state index in [1.807, 2.05) is 18.7 Å². The minimum absolute atomic E-state index is 0.0234. The molecular formula is C29H42N4O4S. The van der Waals surface area contributed by atoms with Gasteiger partial charge in [-0.2, -0.15) is 0 Å². The number of aromatic nitrogens is 2. The van der Waals surface area contributed by atoms with Gasteiger partial charge in [0, 0.05) is 50.9 Å². The Morgan fingerprint density at radius 1 is 1.05 bits per heavy atom. The molecule has 1 aliphatic heterocycles. The summed E-state index contributed by atoms with van der Waals surface area (Å²) in [4.78, 5) is 47.0. The first-order chi connectivity index (χ1) is 18.0. The SMILES string of the molecule is CCCC(Sc1nc(C)c(Cc2ccc(C(C)(C)C)cc2)c(=O)n1C)C(=O)N1CCN(C(=O)OCC)CC1. The Hall–Kier alpha value is -2.81. The Balaban J connectivity index is 1.74. The number of ether oxygens (including phenoxy) is 1. The largest absolute Gasteiger partial charge is 0.450 e. The Bertz CT molecular complexity index is 1180. The summed E-state index contributed by atoms with van der Waals surface area (Å²) in [6.07, 6.45) is 1.70. The summed E-state index contributed by atoms with van der Waals surface area (Å²) < 4.78 is 6.66. The summed E-state index contributed by atoms with van der Waals surface area (Å²) in [5.74, 6) is 0.0234. The number of nitrogens with zero attached hydrogens (tertiary/aromatic N) is 4. The molecule has 1 saturated heterocycles. The van der Waals surface area contributed by atoms with Crippen molar-refractivity contribution in [3.63, 3.8) is 0 Å². The quantitative estimate of drug-likeness (QED) is 0.360. The molecule has 208 valence electrons. The Labute approximate surface area is 230 Å². The Morgan fingerprint density at radius 3 is 2.21 bits per heavy atom. The van der Waals surface area contributed by atoms with E-state index in [1.165, 1.54) is 17.3 Å². The van der Waals surface area contributed by atoms with Crippen LogP contribution >= 0.6 is 11.8 Å². The van der Waals surface area contributed by atoms with E-state index in [-0.39, 0.29) is 28.2 Å². The lowest BCUT2D eigenvalue weighted by molar-refractivity contribution is -0.132. The van der Waals surface area contributed by atoms with Gasteiger partial charge in [-0.3, -0.25) is 14.2 Å². The summed E-state index contributed by atoms with van der Waals surface area (Å²) in [6, 6.07) is 8.42. The summed E-state index contributed by atoms with van der Waals surface area (Å²) >= 11 is 1.36. The molecule has 2 heterocycles. The molecule has 8 nitrogen and oxygen atoms in total. The van der Waals surface area contributed by atoms with Crippen molar-refractivity contribution in [1.82, 2.24) is 19.4 Å². The molecule has 1 fully saturated rings. The molecule has 0 spiro atoms. The van der Waals surface area contributed by atoms with Crippen LogP contribution in [0.5, 0.6) is 0 Å². The molecule has 3 rings (SSSR count). The molecule has 0 aliphatic carbocycles. The highest BCUT2D eigenvalue weighted by Gasteiger charge is 2.30. The molecule has 0 saturated carbocycles. The molecule has 2 aromatic rings. The highest BCUT2D eigenvalue weighted by atomic mass is 32.2. The predicted octanol–water partition coefficient (Wildman–Crippen LogP) is 4.54. The standard InChI is InChI=1S/C29H42N4O4S/c1-8-10-24(26(35)32-15-17-33(18-16-32)28(36)37-9-2)38-27-30-20(3)23(25(34)31(27)7)19-21-11-13-22(14-12-21)29(4,5)6/h11-14,24H,8-10,15-19H2,1-7H3. The van der Waals surface area contributed by atoms with Crippen LogP contribution in [0, 0.1) is 6.92 Å². The molecule has 1 atom stereocenters. The van der Waals surface area contributed by atoms with E-state index in [2.05, 4.69) is 45.0 Å². The maximum atomic E-state index is 13.4. The van der Waals surface area contributed by atoms with Crippen molar-refractivity contribution >= 4 is 23.8 Å². The van der Waals surface area contributed by atoms with Gasteiger partial charge in [-0.25, -0.2) is 9.78 Å². The number of hydrogen-bond donors (Lipinski definition) is 0. The van der Waals surface area contributed by atoms with Crippen LogP contribution in [0.25, 0.3) is 0 Å².